The third-order valence-electron chi connectivity index (χ3n) is 3.56. The van der Waals surface area contributed by atoms with Crippen LogP contribution in [0, 0.1) is 6.92 Å². The van der Waals surface area contributed by atoms with Gasteiger partial charge in [0.05, 0.1) is 4.88 Å². The number of piperazine rings is 1. The Bertz CT molecular complexity index is 488. The lowest BCUT2D eigenvalue weighted by atomic mass is 10.2. The Kier molecular flexibility index (Phi) is 4.24. The maximum Gasteiger partial charge on any atom is 0.264 e. The van der Waals surface area contributed by atoms with Crippen molar-refractivity contribution in [1.82, 2.24) is 9.80 Å². The fourth-order valence-electron chi connectivity index (χ4n) is 2.36. The molecule has 2 amide bonds. The molecule has 104 valence electrons. The van der Waals surface area contributed by atoms with E-state index in [0.29, 0.717) is 26.2 Å². The largest absolute Gasteiger partial charge is 0.339 e. The van der Waals surface area contributed by atoms with Crippen molar-refractivity contribution in [3.8, 4) is 0 Å². The average Bonchev–Trinajstić information content (AvgIpc) is 2.79. The third kappa shape index (κ3) is 2.97. The summed E-state index contributed by atoms with van der Waals surface area (Å²) in [5.41, 5.74) is 1.21. The number of hydrogen-bond acceptors (Lipinski definition) is 3. The monoisotopic (exact) mass is 280 g/mol. The summed E-state index contributed by atoms with van der Waals surface area (Å²) in [5, 5.41) is 0. The Hall–Kier alpha value is -1.36. The van der Waals surface area contributed by atoms with Crippen LogP contribution in [0.2, 0.25) is 0 Å². The zero-order valence-electron chi connectivity index (χ0n) is 11.7. The van der Waals surface area contributed by atoms with Crippen LogP contribution in [0.4, 0.5) is 0 Å². The van der Waals surface area contributed by atoms with Gasteiger partial charge in [0.1, 0.15) is 0 Å². The van der Waals surface area contributed by atoms with Crippen LogP contribution in [0.1, 0.15) is 34.0 Å². The van der Waals surface area contributed by atoms with Gasteiger partial charge < -0.3 is 9.80 Å². The highest BCUT2D eigenvalue weighted by Gasteiger charge is 2.24. The van der Waals surface area contributed by atoms with E-state index in [4.69, 9.17) is 0 Å². The Morgan fingerprint density at radius 3 is 2.26 bits per heavy atom. The van der Waals surface area contributed by atoms with E-state index in [0.717, 1.165) is 11.3 Å². The van der Waals surface area contributed by atoms with Crippen molar-refractivity contribution in [1.29, 1.82) is 0 Å². The summed E-state index contributed by atoms with van der Waals surface area (Å²) in [4.78, 5) is 29.4. The van der Waals surface area contributed by atoms with Crippen LogP contribution in [0.5, 0.6) is 0 Å². The zero-order chi connectivity index (χ0) is 14.0. The van der Waals surface area contributed by atoms with Crippen LogP contribution >= 0.6 is 11.3 Å². The molecule has 0 saturated carbocycles. The molecule has 19 heavy (non-hydrogen) atoms. The molecule has 1 aromatic heterocycles. The summed E-state index contributed by atoms with van der Waals surface area (Å²) in [6.07, 6.45) is 0.974. The van der Waals surface area contributed by atoms with Gasteiger partial charge in [-0.15, -0.1) is 11.3 Å². The number of hydrogen-bond donors (Lipinski definition) is 0. The second-order valence-electron chi connectivity index (χ2n) is 4.87. The van der Waals surface area contributed by atoms with Gasteiger partial charge in [-0.1, -0.05) is 6.92 Å². The molecule has 0 atom stereocenters. The molecule has 1 aromatic rings. The standard InChI is InChI=1S/C14H20N2O2S/c1-4-12-10(2)9-13(19-12)14(18)16-7-5-15(6-8-16)11(3)17/h9H,4-8H2,1-3H3. The van der Waals surface area contributed by atoms with Crippen LogP contribution in [0.15, 0.2) is 6.07 Å². The first-order chi connectivity index (χ1) is 9.02. The smallest absolute Gasteiger partial charge is 0.264 e. The molecule has 2 heterocycles. The Morgan fingerprint density at radius 1 is 1.21 bits per heavy atom. The molecule has 1 aliphatic rings. The van der Waals surface area contributed by atoms with Gasteiger partial charge in [-0.2, -0.15) is 0 Å². The highest BCUT2D eigenvalue weighted by atomic mass is 32.1. The van der Waals surface area contributed by atoms with Gasteiger partial charge in [0.15, 0.2) is 0 Å². The molecule has 0 N–H and O–H groups in total. The first-order valence-electron chi connectivity index (χ1n) is 6.67. The number of thiophene rings is 1. The average molecular weight is 280 g/mol. The molecular formula is C14H20N2O2S. The number of carbonyl (C=O) groups excluding carboxylic acids is 2. The summed E-state index contributed by atoms with van der Waals surface area (Å²) >= 11 is 1.60. The van der Waals surface area contributed by atoms with Gasteiger partial charge >= 0.3 is 0 Å². The predicted molar refractivity (Wildman–Crippen MR) is 76.6 cm³/mol. The second kappa shape index (κ2) is 5.74. The molecule has 0 spiro atoms. The van der Waals surface area contributed by atoms with Crippen molar-refractivity contribution >= 4 is 23.2 Å². The molecule has 4 nitrogen and oxygen atoms in total. The summed E-state index contributed by atoms with van der Waals surface area (Å²) in [6, 6.07) is 1.99. The Morgan fingerprint density at radius 2 is 1.79 bits per heavy atom. The van der Waals surface area contributed by atoms with Crippen LogP contribution in [0.3, 0.4) is 0 Å². The fraction of sp³-hybridized carbons (Fsp3) is 0.571. The maximum absolute atomic E-state index is 12.4. The quantitative estimate of drug-likeness (QED) is 0.830. The summed E-state index contributed by atoms with van der Waals surface area (Å²) in [5.74, 6) is 0.198. The SMILES string of the molecule is CCc1sc(C(=O)N2CCN(C(C)=O)CC2)cc1C. The van der Waals surface area contributed by atoms with Crippen LogP contribution in [0.25, 0.3) is 0 Å². The second-order valence-corrected chi connectivity index (χ2v) is 6.01. The van der Waals surface area contributed by atoms with E-state index < -0.39 is 0 Å². The lowest BCUT2D eigenvalue weighted by molar-refractivity contribution is -0.130. The maximum atomic E-state index is 12.4. The zero-order valence-corrected chi connectivity index (χ0v) is 12.5. The van der Waals surface area contributed by atoms with Gasteiger partial charge in [0.25, 0.3) is 5.91 Å². The number of nitrogens with zero attached hydrogens (tertiary/aromatic N) is 2. The molecule has 0 unspecified atom stereocenters. The molecule has 2 rings (SSSR count). The van der Waals surface area contributed by atoms with E-state index in [1.165, 1.54) is 10.4 Å². The minimum atomic E-state index is 0.0901. The van der Waals surface area contributed by atoms with E-state index in [1.54, 1.807) is 23.2 Å². The predicted octanol–water partition coefficient (Wildman–Crippen LogP) is 1.92. The number of rotatable bonds is 2. The summed E-state index contributed by atoms with van der Waals surface area (Å²) < 4.78 is 0. The Balaban J connectivity index is 2.03. The lowest BCUT2D eigenvalue weighted by Crippen LogP contribution is -2.49. The van der Waals surface area contributed by atoms with Crippen molar-refractivity contribution in [3.63, 3.8) is 0 Å². The molecular weight excluding hydrogens is 260 g/mol. The highest BCUT2D eigenvalue weighted by Crippen LogP contribution is 2.24. The first kappa shape index (κ1) is 14.1. The third-order valence-corrected chi connectivity index (χ3v) is 4.93. The van der Waals surface area contributed by atoms with Gasteiger partial charge in [-0.3, -0.25) is 9.59 Å². The van der Waals surface area contributed by atoms with Crippen LogP contribution in [-0.2, 0) is 11.2 Å². The van der Waals surface area contributed by atoms with E-state index >= 15 is 0 Å². The van der Waals surface area contributed by atoms with Crippen molar-refractivity contribution in [3.05, 3.63) is 21.4 Å². The normalized spacial score (nSPS) is 15.7. The number of carbonyl (C=O) groups is 2. The molecule has 0 bridgehead atoms. The highest BCUT2D eigenvalue weighted by molar-refractivity contribution is 7.14. The molecule has 1 fully saturated rings. The molecule has 1 saturated heterocycles. The van der Waals surface area contributed by atoms with E-state index in [9.17, 15) is 9.59 Å². The molecule has 0 aliphatic carbocycles. The van der Waals surface area contributed by atoms with Gasteiger partial charge in [0, 0.05) is 38.0 Å². The van der Waals surface area contributed by atoms with E-state index in [2.05, 4.69) is 13.8 Å². The van der Waals surface area contributed by atoms with Crippen LogP contribution in [-0.4, -0.2) is 47.8 Å². The summed E-state index contributed by atoms with van der Waals surface area (Å²) in [6.45, 7) is 8.30. The summed E-state index contributed by atoms with van der Waals surface area (Å²) in [7, 11) is 0. The first-order valence-corrected chi connectivity index (χ1v) is 7.48. The van der Waals surface area contributed by atoms with Gasteiger partial charge in [-0.05, 0) is 25.0 Å². The molecule has 0 radical (unpaired) electrons. The minimum absolute atomic E-state index is 0.0901. The molecule has 0 aromatic carbocycles. The van der Waals surface area contributed by atoms with Crippen molar-refractivity contribution < 1.29 is 9.59 Å². The minimum Gasteiger partial charge on any atom is -0.339 e. The number of amides is 2. The van der Waals surface area contributed by atoms with Crippen molar-refractivity contribution in [2.24, 2.45) is 0 Å². The molecule has 5 heteroatoms. The van der Waals surface area contributed by atoms with Gasteiger partial charge in [-0.25, -0.2) is 0 Å². The fourth-order valence-corrected chi connectivity index (χ4v) is 3.44. The Labute approximate surface area is 118 Å². The van der Waals surface area contributed by atoms with E-state index in [-0.39, 0.29) is 11.8 Å². The van der Waals surface area contributed by atoms with Crippen LogP contribution < -0.4 is 0 Å². The van der Waals surface area contributed by atoms with Crippen molar-refractivity contribution in [2.45, 2.75) is 27.2 Å². The molecule has 1 aliphatic heterocycles. The lowest BCUT2D eigenvalue weighted by Gasteiger charge is -2.33. The van der Waals surface area contributed by atoms with Crippen molar-refractivity contribution in [2.75, 3.05) is 26.2 Å². The topological polar surface area (TPSA) is 40.6 Å². The number of aryl methyl sites for hydroxylation is 2. The van der Waals surface area contributed by atoms with Gasteiger partial charge in [0.2, 0.25) is 5.91 Å². The van der Waals surface area contributed by atoms with E-state index in [1.807, 2.05) is 11.0 Å².